The Labute approximate surface area is 139 Å². The quantitative estimate of drug-likeness (QED) is 0.681. The van der Waals surface area contributed by atoms with Crippen LogP contribution in [0.2, 0.25) is 0 Å². The Kier molecular flexibility index (Phi) is 7.06. The molecule has 1 unspecified atom stereocenters. The van der Waals surface area contributed by atoms with Crippen LogP contribution in [0.5, 0.6) is 5.75 Å². The molecule has 0 aliphatic carbocycles. The van der Waals surface area contributed by atoms with Crippen LogP contribution in [-0.4, -0.2) is 31.0 Å². The average Bonchev–Trinajstić information content (AvgIpc) is 2.51. The predicted molar refractivity (Wildman–Crippen MR) is 91.7 cm³/mol. The van der Waals surface area contributed by atoms with Crippen LogP contribution in [0, 0.1) is 5.92 Å². The van der Waals surface area contributed by atoms with Gasteiger partial charge in [-0.25, -0.2) is 0 Å². The van der Waals surface area contributed by atoms with Crippen molar-refractivity contribution in [2.45, 2.75) is 53.6 Å². The first kappa shape index (κ1) is 19.5. The van der Waals surface area contributed by atoms with Crippen molar-refractivity contribution in [3.05, 3.63) is 29.8 Å². The lowest BCUT2D eigenvalue weighted by Crippen LogP contribution is -2.40. The van der Waals surface area contributed by atoms with Gasteiger partial charge in [0.05, 0.1) is 5.75 Å². The molecule has 1 rings (SSSR count). The van der Waals surface area contributed by atoms with Gasteiger partial charge < -0.3 is 9.08 Å². The van der Waals surface area contributed by atoms with E-state index in [1.54, 1.807) is 18.2 Å². The van der Waals surface area contributed by atoms with Crippen molar-refractivity contribution in [3.63, 3.8) is 0 Å². The number of amides is 1. The maximum Gasteiger partial charge on any atom is 0.308 e. The van der Waals surface area contributed by atoms with Gasteiger partial charge in [0, 0.05) is 18.5 Å². The Bertz CT molecular complexity index is 625. The Hall–Kier alpha value is -1.56. The molecular weight excluding hydrogens is 314 g/mol. The number of benzene rings is 1. The number of carbonyl (C=O) groups is 1. The van der Waals surface area contributed by atoms with Crippen molar-refractivity contribution in [2.75, 3.05) is 5.75 Å². The highest BCUT2D eigenvalue weighted by molar-refractivity contribution is 7.87. The van der Waals surface area contributed by atoms with Gasteiger partial charge in [-0.3, -0.25) is 4.79 Å². The molecule has 1 amide bonds. The fourth-order valence-corrected chi connectivity index (χ4v) is 2.62. The molecule has 1 aromatic carbocycles. The summed E-state index contributed by atoms with van der Waals surface area (Å²) in [6.45, 7) is 9.79. The zero-order valence-electron chi connectivity index (χ0n) is 14.6. The highest BCUT2D eigenvalue weighted by Gasteiger charge is 2.22. The molecular formula is C17H27NO4S. The van der Waals surface area contributed by atoms with E-state index in [1.807, 2.05) is 38.7 Å². The third kappa shape index (κ3) is 5.86. The summed E-state index contributed by atoms with van der Waals surface area (Å²) in [4.78, 5) is 14.2. The van der Waals surface area contributed by atoms with E-state index in [0.29, 0.717) is 6.54 Å². The molecule has 0 radical (unpaired) electrons. The summed E-state index contributed by atoms with van der Waals surface area (Å²) in [5, 5.41) is 0. The van der Waals surface area contributed by atoms with Gasteiger partial charge in [0.15, 0.2) is 0 Å². The second kappa shape index (κ2) is 8.34. The van der Waals surface area contributed by atoms with Crippen molar-refractivity contribution in [3.8, 4) is 5.75 Å². The highest BCUT2D eigenvalue weighted by Crippen LogP contribution is 2.19. The van der Waals surface area contributed by atoms with Crippen LogP contribution >= 0.6 is 0 Å². The lowest BCUT2D eigenvalue weighted by molar-refractivity contribution is -0.137. The van der Waals surface area contributed by atoms with Gasteiger partial charge in [-0.1, -0.05) is 32.9 Å². The molecule has 1 aromatic rings. The standard InChI is InChI=1S/C17H27NO4S/c1-6-14(5)18(17(19)13(3)4)12-15-9-8-10-16(11-15)22-23(20,21)7-2/h8-11,13-14H,6-7,12H2,1-5H3. The molecule has 0 saturated carbocycles. The van der Waals surface area contributed by atoms with E-state index in [4.69, 9.17) is 4.18 Å². The Balaban J connectivity index is 2.99. The number of rotatable bonds is 8. The third-order valence-corrected chi connectivity index (χ3v) is 4.88. The lowest BCUT2D eigenvalue weighted by Gasteiger charge is -2.30. The molecule has 0 aliphatic rings. The zero-order valence-corrected chi connectivity index (χ0v) is 15.4. The average molecular weight is 341 g/mol. The molecule has 0 spiro atoms. The maximum atomic E-state index is 12.4. The molecule has 23 heavy (non-hydrogen) atoms. The summed E-state index contributed by atoms with van der Waals surface area (Å²) in [7, 11) is -3.55. The number of nitrogens with zero attached hydrogens (tertiary/aromatic N) is 1. The smallest absolute Gasteiger partial charge is 0.308 e. The van der Waals surface area contributed by atoms with Crippen LogP contribution in [0.1, 0.15) is 46.6 Å². The second-order valence-electron chi connectivity index (χ2n) is 5.96. The van der Waals surface area contributed by atoms with E-state index in [-0.39, 0.29) is 29.4 Å². The molecule has 6 heteroatoms. The maximum absolute atomic E-state index is 12.4. The van der Waals surface area contributed by atoms with Crippen LogP contribution in [0.15, 0.2) is 24.3 Å². The van der Waals surface area contributed by atoms with E-state index in [0.717, 1.165) is 12.0 Å². The van der Waals surface area contributed by atoms with E-state index in [1.165, 1.54) is 6.92 Å². The second-order valence-corrected chi connectivity index (χ2v) is 7.81. The molecule has 1 atom stereocenters. The van der Waals surface area contributed by atoms with Gasteiger partial charge in [0.25, 0.3) is 0 Å². The van der Waals surface area contributed by atoms with Gasteiger partial charge >= 0.3 is 10.1 Å². The van der Waals surface area contributed by atoms with Crippen LogP contribution in [0.25, 0.3) is 0 Å². The van der Waals surface area contributed by atoms with Crippen molar-refractivity contribution < 1.29 is 17.4 Å². The van der Waals surface area contributed by atoms with Crippen molar-refractivity contribution in [1.82, 2.24) is 4.90 Å². The first-order chi connectivity index (χ1) is 10.7. The Morgan fingerprint density at radius 2 is 1.87 bits per heavy atom. The fraction of sp³-hybridized carbons (Fsp3) is 0.588. The molecule has 0 bridgehead atoms. The van der Waals surface area contributed by atoms with Crippen LogP contribution in [0.4, 0.5) is 0 Å². The Morgan fingerprint density at radius 1 is 1.22 bits per heavy atom. The Morgan fingerprint density at radius 3 is 2.39 bits per heavy atom. The first-order valence-electron chi connectivity index (χ1n) is 8.01. The minimum absolute atomic E-state index is 0.0797. The molecule has 5 nitrogen and oxygen atoms in total. The van der Waals surface area contributed by atoms with E-state index >= 15 is 0 Å². The van der Waals surface area contributed by atoms with E-state index in [2.05, 4.69) is 0 Å². The summed E-state index contributed by atoms with van der Waals surface area (Å²) in [5.74, 6) is 0.211. The molecule has 0 saturated heterocycles. The van der Waals surface area contributed by atoms with Crippen molar-refractivity contribution in [2.24, 2.45) is 5.92 Å². The summed E-state index contributed by atoms with van der Waals surface area (Å²) in [6, 6.07) is 7.01. The first-order valence-corrected chi connectivity index (χ1v) is 9.59. The zero-order chi connectivity index (χ0) is 17.6. The summed E-state index contributed by atoms with van der Waals surface area (Å²) >= 11 is 0. The van der Waals surface area contributed by atoms with Gasteiger partial charge in [0.2, 0.25) is 5.91 Å². The largest absolute Gasteiger partial charge is 0.382 e. The summed E-state index contributed by atoms with van der Waals surface area (Å²) in [5.41, 5.74) is 0.850. The molecule has 0 aromatic heterocycles. The number of hydrogen-bond donors (Lipinski definition) is 0. The van der Waals surface area contributed by atoms with Crippen LogP contribution in [-0.2, 0) is 21.5 Å². The minimum atomic E-state index is -3.55. The number of hydrogen-bond acceptors (Lipinski definition) is 4. The van der Waals surface area contributed by atoms with Crippen LogP contribution in [0.3, 0.4) is 0 Å². The molecule has 0 fully saturated rings. The summed E-state index contributed by atoms with van der Waals surface area (Å²) in [6.07, 6.45) is 0.860. The van der Waals surface area contributed by atoms with Gasteiger partial charge in [0.1, 0.15) is 5.75 Å². The molecule has 0 N–H and O–H groups in total. The molecule has 0 aliphatic heterocycles. The summed E-state index contributed by atoms with van der Waals surface area (Å²) < 4.78 is 28.2. The van der Waals surface area contributed by atoms with Gasteiger partial charge in [-0.05, 0) is 38.0 Å². The molecule has 0 heterocycles. The van der Waals surface area contributed by atoms with Crippen molar-refractivity contribution in [1.29, 1.82) is 0 Å². The van der Waals surface area contributed by atoms with E-state index < -0.39 is 10.1 Å². The SMILES string of the molecule is CCC(C)N(Cc1cccc(OS(=O)(=O)CC)c1)C(=O)C(C)C. The van der Waals surface area contributed by atoms with E-state index in [9.17, 15) is 13.2 Å². The fourth-order valence-electron chi connectivity index (χ4n) is 2.10. The van der Waals surface area contributed by atoms with Gasteiger partial charge in [-0.15, -0.1) is 0 Å². The highest BCUT2D eigenvalue weighted by atomic mass is 32.2. The topological polar surface area (TPSA) is 63.7 Å². The van der Waals surface area contributed by atoms with Crippen LogP contribution < -0.4 is 4.18 Å². The normalized spacial score (nSPS) is 13.0. The predicted octanol–water partition coefficient (Wildman–Crippen LogP) is 3.20. The third-order valence-electron chi connectivity index (χ3n) is 3.73. The molecule has 130 valence electrons. The number of carbonyl (C=O) groups excluding carboxylic acids is 1. The lowest BCUT2D eigenvalue weighted by atomic mass is 10.1. The minimum Gasteiger partial charge on any atom is -0.382 e. The monoisotopic (exact) mass is 341 g/mol. The van der Waals surface area contributed by atoms with Gasteiger partial charge in [-0.2, -0.15) is 8.42 Å². The van der Waals surface area contributed by atoms with Crippen molar-refractivity contribution >= 4 is 16.0 Å².